The number of rotatable bonds is 2. The van der Waals surface area contributed by atoms with Crippen molar-refractivity contribution in [3.63, 3.8) is 0 Å². The number of piperidine rings is 2. The molecule has 0 radical (unpaired) electrons. The van der Waals surface area contributed by atoms with Crippen LogP contribution in [-0.2, 0) is 4.74 Å². The zero-order chi connectivity index (χ0) is 22.7. The molecule has 6 saturated carbocycles. The topological polar surface area (TPSA) is 90.2 Å². The minimum Gasteiger partial charge on any atom is -0.459 e. The van der Waals surface area contributed by atoms with Gasteiger partial charge in [-0.25, -0.2) is 4.79 Å². The van der Waals surface area contributed by atoms with E-state index in [2.05, 4.69) is 18.4 Å². The van der Waals surface area contributed by atoms with E-state index in [9.17, 15) is 20.1 Å². The Morgan fingerprint density at radius 2 is 1.94 bits per heavy atom. The monoisotopic (exact) mass is 449 g/mol. The molecule has 3 N–H and O–H groups in total. The highest BCUT2D eigenvalue weighted by Gasteiger charge is 2.96. The van der Waals surface area contributed by atoms with Crippen LogP contribution in [-0.4, -0.2) is 68.7 Å². The van der Waals surface area contributed by atoms with Crippen molar-refractivity contribution in [3.05, 3.63) is 48.0 Å². The van der Waals surface area contributed by atoms with Gasteiger partial charge in [-0.1, -0.05) is 31.7 Å². The standard InChI is InChI=1S/C27H31NO5/c1-13-15-8-17-20-25-11-16(33-23(31)14-6-4-3-5-7-14)10-24(2)12-28(20)18(19(24)25)22(30)27(17,21(13)29)26(25,32)9-15/h3-7,15-22,29-30,32H,1,8-12H2,2H3/t15-,16-,17?,18+,19+,20?,21+,22+,24-,25+,26+,27-/m0/s1. The number of carbonyl (C=O) groups excluding carboxylic acids is 1. The molecule has 9 aliphatic rings. The Morgan fingerprint density at radius 1 is 1.18 bits per heavy atom. The van der Waals surface area contributed by atoms with E-state index in [0.29, 0.717) is 18.4 Å². The number of aliphatic hydroxyl groups is 3. The third kappa shape index (κ3) is 1.67. The molecule has 6 heteroatoms. The second-order valence-corrected chi connectivity index (χ2v) is 12.5. The summed E-state index contributed by atoms with van der Waals surface area (Å²) in [5, 5.41) is 36.1. The molecule has 33 heavy (non-hydrogen) atoms. The van der Waals surface area contributed by atoms with Gasteiger partial charge < -0.3 is 20.1 Å². The first-order valence-electron chi connectivity index (χ1n) is 12.5. The Morgan fingerprint density at radius 3 is 2.70 bits per heavy atom. The first-order chi connectivity index (χ1) is 15.7. The van der Waals surface area contributed by atoms with E-state index in [1.165, 1.54) is 0 Å². The molecule has 6 aliphatic carbocycles. The highest BCUT2D eigenvalue weighted by molar-refractivity contribution is 5.89. The van der Waals surface area contributed by atoms with Gasteiger partial charge in [-0.15, -0.1) is 0 Å². The summed E-state index contributed by atoms with van der Waals surface area (Å²) >= 11 is 0. The van der Waals surface area contributed by atoms with Crippen molar-refractivity contribution in [1.29, 1.82) is 0 Å². The van der Waals surface area contributed by atoms with E-state index in [1.54, 1.807) is 12.1 Å². The number of benzene rings is 1. The molecule has 1 aromatic rings. The van der Waals surface area contributed by atoms with E-state index in [0.717, 1.165) is 25.0 Å². The molecule has 174 valence electrons. The quantitative estimate of drug-likeness (QED) is 0.471. The van der Waals surface area contributed by atoms with Crippen LogP contribution in [0.15, 0.2) is 42.5 Å². The Kier molecular flexibility index (Phi) is 3.20. The second kappa shape index (κ2) is 5.40. The molecule has 0 amide bonds. The summed E-state index contributed by atoms with van der Waals surface area (Å²) in [6.07, 6.45) is 0.870. The maximum absolute atomic E-state index is 13.0. The molecular formula is C27H31NO5. The van der Waals surface area contributed by atoms with Crippen LogP contribution >= 0.6 is 0 Å². The molecule has 10 rings (SSSR count). The smallest absolute Gasteiger partial charge is 0.338 e. The lowest BCUT2D eigenvalue weighted by molar-refractivity contribution is -0.310. The minimum atomic E-state index is -1.17. The number of hydrogen-bond acceptors (Lipinski definition) is 6. The van der Waals surface area contributed by atoms with Crippen LogP contribution in [0.5, 0.6) is 0 Å². The van der Waals surface area contributed by atoms with E-state index < -0.39 is 28.6 Å². The Bertz CT molecular complexity index is 1120. The first kappa shape index (κ1) is 19.6. The van der Waals surface area contributed by atoms with Gasteiger partial charge in [-0.2, -0.15) is 0 Å². The number of carbonyl (C=O) groups is 1. The van der Waals surface area contributed by atoms with Crippen molar-refractivity contribution in [1.82, 2.24) is 4.90 Å². The maximum atomic E-state index is 13.0. The molecule has 0 aromatic heterocycles. The third-order valence-electron chi connectivity index (χ3n) is 11.7. The lowest BCUT2D eigenvalue weighted by Gasteiger charge is -2.70. The average molecular weight is 450 g/mol. The first-order valence-corrected chi connectivity index (χ1v) is 12.5. The van der Waals surface area contributed by atoms with Gasteiger partial charge in [0.05, 0.1) is 28.8 Å². The van der Waals surface area contributed by atoms with Crippen molar-refractivity contribution in [2.75, 3.05) is 6.54 Å². The summed E-state index contributed by atoms with van der Waals surface area (Å²) in [6.45, 7) is 7.32. The van der Waals surface area contributed by atoms with E-state index in [4.69, 9.17) is 4.74 Å². The van der Waals surface area contributed by atoms with Crippen LogP contribution < -0.4 is 0 Å². The Balaban J connectivity index is 1.27. The molecule has 9 bridgehead atoms. The van der Waals surface area contributed by atoms with Gasteiger partial charge in [-0.3, -0.25) is 4.90 Å². The molecule has 3 unspecified atom stereocenters. The van der Waals surface area contributed by atoms with Crippen molar-refractivity contribution in [2.24, 2.45) is 34.0 Å². The fraction of sp³-hybridized carbons (Fsp3) is 0.667. The average Bonchev–Trinajstić information content (AvgIpc) is 3.24. The molecule has 6 nitrogen and oxygen atoms in total. The number of hydrogen-bond donors (Lipinski definition) is 3. The van der Waals surface area contributed by atoms with Crippen LogP contribution in [0.4, 0.5) is 0 Å². The van der Waals surface area contributed by atoms with Crippen LogP contribution in [0.3, 0.4) is 0 Å². The summed E-state index contributed by atoms with van der Waals surface area (Å²) in [4.78, 5) is 15.5. The fourth-order valence-electron chi connectivity index (χ4n) is 11.4. The molecule has 3 saturated heterocycles. The molecule has 3 aliphatic heterocycles. The van der Waals surface area contributed by atoms with Crippen LogP contribution in [0.2, 0.25) is 0 Å². The van der Waals surface area contributed by atoms with Gasteiger partial charge in [0, 0.05) is 24.0 Å². The fourth-order valence-corrected chi connectivity index (χ4v) is 11.4. The normalized spacial score (nSPS) is 60.5. The highest BCUT2D eigenvalue weighted by Crippen LogP contribution is 2.88. The Hall–Kier alpha value is -1.73. The molecule has 1 aromatic carbocycles. The largest absolute Gasteiger partial charge is 0.459 e. The lowest BCUT2D eigenvalue weighted by Crippen LogP contribution is -2.79. The summed E-state index contributed by atoms with van der Waals surface area (Å²) in [5.74, 6) is -0.0287. The highest BCUT2D eigenvalue weighted by atomic mass is 16.5. The van der Waals surface area contributed by atoms with E-state index >= 15 is 0 Å². The number of nitrogens with zero attached hydrogens (tertiary/aromatic N) is 1. The van der Waals surface area contributed by atoms with Gasteiger partial charge in [-0.05, 0) is 66.6 Å². The number of fused-ring (bicyclic) bond motifs is 1. The predicted molar refractivity (Wildman–Crippen MR) is 118 cm³/mol. The maximum Gasteiger partial charge on any atom is 0.338 e. The van der Waals surface area contributed by atoms with Crippen molar-refractivity contribution in [2.45, 2.75) is 68.6 Å². The number of aliphatic hydroxyl groups excluding tert-OH is 2. The van der Waals surface area contributed by atoms with Crippen LogP contribution in [0, 0.1) is 34.0 Å². The summed E-state index contributed by atoms with van der Waals surface area (Å²) < 4.78 is 6.13. The van der Waals surface area contributed by atoms with Gasteiger partial charge in [0.2, 0.25) is 0 Å². The van der Waals surface area contributed by atoms with Crippen molar-refractivity contribution >= 4 is 5.97 Å². The summed E-state index contributed by atoms with van der Waals surface area (Å²) in [7, 11) is 0. The summed E-state index contributed by atoms with van der Waals surface area (Å²) in [6, 6.07) is 9.20. The van der Waals surface area contributed by atoms with Gasteiger partial charge in [0.25, 0.3) is 0 Å². The van der Waals surface area contributed by atoms with Gasteiger partial charge in [0.1, 0.15) is 6.10 Å². The van der Waals surface area contributed by atoms with Crippen LogP contribution in [0.1, 0.15) is 43.0 Å². The zero-order valence-corrected chi connectivity index (χ0v) is 18.9. The third-order valence-corrected chi connectivity index (χ3v) is 11.7. The molecular weight excluding hydrogens is 418 g/mol. The lowest BCUT2D eigenvalue weighted by atomic mass is 9.37. The van der Waals surface area contributed by atoms with Gasteiger partial charge >= 0.3 is 5.97 Å². The summed E-state index contributed by atoms with van der Waals surface area (Å²) in [5.41, 5.74) is -1.39. The van der Waals surface area contributed by atoms with Gasteiger partial charge in [0.15, 0.2) is 0 Å². The number of esters is 1. The molecule has 9 fully saturated rings. The number of ether oxygens (including phenoxy) is 1. The van der Waals surface area contributed by atoms with Crippen molar-refractivity contribution in [3.8, 4) is 0 Å². The molecule has 2 spiro atoms. The van der Waals surface area contributed by atoms with E-state index in [1.807, 2.05) is 18.2 Å². The minimum absolute atomic E-state index is 0.0422. The Labute approximate surface area is 193 Å². The zero-order valence-electron chi connectivity index (χ0n) is 18.9. The molecule has 3 heterocycles. The predicted octanol–water partition coefficient (Wildman–Crippen LogP) is 1.74. The van der Waals surface area contributed by atoms with Crippen LogP contribution in [0.25, 0.3) is 0 Å². The molecule has 13 atom stereocenters. The van der Waals surface area contributed by atoms with E-state index in [-0.39, 0.29) is 47.3 Å². The SMILES string of the molecule is C=C1[C@H]2CC3C4N5C[C@]6(C)C[C@H](OC(=O)c7ccccc7)C[C@@]47[C@@H]6[C@@H]5[C@@H](O)[C@]3([C@@H]1O)[C@@]7(O)C2. The van der Waals surface area contributed by atoms with Crippen molar-refractivity contribution < 1.29 is 24.9 Å². The second-order valence-electron chi connectivity index (χ2n) is 12.5.